The molecule has 6 nitrogen and oxygen atoms in total. The molecule has 0 aliphatic carbocycles. The Morgan fingerprint density at radius 1 is 1.10 bits per heavy atom. The van der Waals surface area contributed by atoms with E-state index in [2.05, 4.69) is 54.3 Å². The van der Waals surface area contributed by atoms with E-state index in [9.17, 15) is 4.79 Å². The molecule has 2 N–H and O–H groups in total. The predicted molar refractivity (Wildman–Crippen MR) is 138 cm³/mol. The highest BCUT2D eigenvalue weighted by atomic mass is 127. The summed E-state index contributed by atoms with van der Waals surface area (Å²) in [7, 11) is 1.79. The van der Waals surface area contributed by atoms with Crippen LogP contribution in [0.25, 0.3) is 0 Å². The van der Waals surface area contributed by atoms with Gasteiger partial charge in [-0.05, 0) is 58.6 Å². The molecule has 1 aromatic carbocycles. The van der Waals surface area contributed by atoms with E-state index in [1.54, 1.807) is 7.05 Å². The molecule has 1 heterocycles. The zero-order valence-corrected chi connectivity index (χ0v) is 21.6. The zero-order valence-electron chi connectivity index (χ0n) is 19.3. The summed E-state index contributed by atoms with van der Waals surface area (Å²) >= 11 is 0. The Labute approximate surface area is 199 Å². The van der Waals surface area contributed by atoms with Crippen molar-refractivity contribution in [3.63, 3.8) is 0 Å². The summed E-state index contributed by atoms with van der Waals surface area (Å²) in [4.78, 5) is 21.3. The van der Waals surface area contributed by atoms with Crippen LogP contribution in [0.4, 0.5) is 5.69 Å². The summed E-state index contributed by atoms with van der Waals surface area (Å²) in [6.45, 7) is 12.5. The van der Waals surface area contributed by atoms with Gasteiger partial charge in [0.2, 0.25) is 5.91 Å². The van der Waals surface area contributed by atoms with E-state index in [-0.39, 0.29) is 29.9 Å². The molecule has 1 aliphatic heterocycles. The fraction of sp³-hybridized carbons (Fsp3) is 0.652. The number of rotatable bonds is 10. The lowest BCUT2D eigenvalue weighted by atomic mass is 10.2. The summed E-state index contributed by atoms with van der Waals surface area (Å²) in [5.74, 6) is 1.02. The molecule has 7 heteroatoms. The monoisotopic (exact) mass is 529 g/mol. The molecule has 1 aromatic rings. The maximum absolute atomic E-state index is 12.6. The number of anilines is 1. The van der Waals surface area contributed by atoms with Crippen LogP contribution in [0.3, 0.4) is 0 Å². The number of para-hydroxylation sites is 1. The van der Waals surface area contributed by atoms with Gasteiger partial charge >= 0.3 is 0 Å². The molecule has 0 radical (unpaired) electrons. The molecule has 0 saturated carbocycles. The Kier molecular flexibility index (Phi) is 12.3. The SMILES string of the molecule is CN=C(NCCCC(=O)N1CCc2ccccc21)NCCCN(C(C)C)C(C)C.I. The number of benzene rings is 1. The van der Waals surface area contributed by atoms with E-state index in [0.29, 0.717) is 18.5 Å². The van der Waals surface area contributed by atoms with Crippen molar-refractivity contribution in [2.45, 2.75) is 65.5 Å². The molecular formula is C23H40IN5O. The van der Waals surface area contributed by atoms with Crippen molar-refractivity contribution in [3.05, 3.63) is 29.8 Å². The van der Waals surface area contributed by atoms with Gasteiger partial charge < -0.3 is 15.5 Å². The Morgan fingerprint density at radius 2 is 1.73 bits per heavy atom. The summed E-state index contributed by atoms with van der Waals surface area (Å²) in [5, 5.41) is 6.70. The molecule has 1 amide bonds. The van der Waals surface area contributed by atoms with Gasteiger partial charge in [0.05, 0.1) is 0 Å². The first kappa shape index (κ1) is 26.7. The normalized spacial score (nSPS) is 13.6. The van der Waals surface area contributed by atoms with Crippen molar-refractivity contribution in [2.75, 3.05) is 38.1 Å². The van der Waals surface area contributed by atoms with Crippen molar-refractivity contribution >= 4 is 41.5 Å². The standard InChI is InChI=1S/C23H39N5O.HI/c1-18(2)27(19(3)4)16-9-15-26-23(24-5)25-14-8-12-22(29)28-17-13-20-10-6-7-11-21(20)28;/h6-7,10-11,18-19H,8-9,12-17H2,1-5H3,(H2,24,25,26);1H. The second-order valence-corrected chi connectivity index (χ2v) is 8.23. The first-order valence-electron chi connectivity index (χ1n) is 11.0. The number of nitrogens with one attached hydrogen (secondary N) is 2. The number of amides is 1. The molecule has 0 fully saturated rings. The predicted octanol–water partition coefficient (Wildman–Crippen LogP) is 3.65. The second-order valence-electron chi connectivity index (χ2n) is 8.23. The van der Waals surface area contributed by atoms with Gasteiger partial charge in [0.25, 0.3) is 0 Å². The fourth-order valence-electron chi connectivity index (χ4n) is 3.98. The van der Waals surface area contributed by atoms with Gasteiger partial charge in [0.1, 0.15) is 0 Å². The van der Waals surface area contributed by atoms with E-state index in [1.165, 1.54) is 5.56 Å². The number of nitrogens with zero attached hydrogens (tertiary/aromatic N) is 3. The number of halogens is 1. The average Bonchev–Trinajstić information content (AvgIpc) is 3.12. The topological polar surface area (TPSA) is 60.0 Å². The van der Waals surface area contributed by atoms with Crippen molar-refractivity contribution in [1.29, 1.82) is 0 Å². The summed E-state index contributed by atoms with van der Waals surface area (Å²) in [6.07, 6.45) is 3.38. The van der Waals surface area contributed by atoms with E-state index < -0.39 is 0 Å². The zero-order chi connectivity index (χ0) is 21.2. The van der Waals surface area contributed by atoms with Crippen LogP contribution in [0.2, 0.25) is 0 Å². The molecule has 30 heavy (non-hydrogen) atoms. The number of guanidine groups is 1. The number of carbonyl (C=O) groups is 1. The molecule has 170 valence electrons. The summed E-state index contributed by atoms with van der Waals surface area (Å²) in [5.41, 5.74) is 2.36. The molecule has 0 aromatic heterocycles. The first-order chi connectivity index (χ1) is 13.9. The van der Waals surface area contributed by atoms with Gasteiger partial charge in [-0.25, -0.2) is 0 Å². The van der Waals surface area contributed by atoms with Gasteiger partial charge in [0, 0.05) is 57.4 Å². The molecule has 0 unspecified atom stereocenters. The smallest absolute Gasteiger partial charge is 0.227 e. The Bertz CT molecular complexity index is 669. The number of fused-ring (bicyclic) bond motifs is 1. The Morgan fingerprint density at radius 3 is 2.37 bits per heavy atom. The van der Waals surface area contributed by atoms with Crippen LogP contribution >= 0.6 is 24.0 Å². The lowest BCUT2D eigenvalue weighted by Gasteiger charge is -2.30. The van der Waals surface area contributed by atoms with Crippen LogP contribution in [0, 0.1) is 0 Å². The summed E-state index contributed by atoms with van der Waals surface area (Å²) in [6, 6.07) is 9.33. The van der Waals surface area contributed by atoms with Gasteiger partial charge in [-0.1, -0.05) is 18.2 Å². The molecule has 2 rings (SSSR count). The molecule has 1 aliphatic rings. The summed E-state index contributed by atoms with van der Waals surface area (Å²) < 4.78 is 0. The highest BCUT2D eigenvalue weighted by Crippen LogP contribution is 2.27. The lowest BCUT2D eigenvalue weighted by molar-refractivity contribution is -0.118. The molecule has 0 bridgehead atoms. The lowest BCUT2D eigenvalue weighted by Crippen LogP contribution is -2.41. The third kappa shape index (κ3) is 8.06. The number of hydrogen-bond acceptors (Lipinski definition) is 3. The second kappa shape index (κ2) is 13.9. The highest BCUT2D eigenvalue weighted by Gasteiger charge is 2.23. The minimum Gasteiger partial charge on any atom is -0.356 e. The average molecular weight is 530 g/mol. The maximum Gasteiger partial charge on any atom is 0.227 e. The van der Waals surface area contributed by atoms with Crippen molar-refractivity contribution < 1.29 is 4.79 Å². The molecular weight excluding hydrogens is 489 g/mol. The largest absolute Gasteiger partial charge is 0.356 e. The van der Waals surface area contributed by atoms with Crippen molar-refractivity contribution in [1.82, 2.24) is 15.5 Å². The van der Waals surface area contributed by atoms with Crippen molar-refractivity contribution in [3.8, 4) is 0 Å². The molecule has 0 atom stereocenters. The van der Waals surface area contributed by atoms with Crippen LogP contribution in [0.15, 0.2) is 29.3 Å². The Hall–Kier alpha value is -1.35. The van der Waals surface area contributed by atoms with Gasteiger partial charge in [-0.2, -0.15) is 0 Å². The molecule has 0 spiro atoms. The third-order valence-corrected chi connectivity index (χ3v) is 5.48. The van der Waals surface area contributed by atoms with Crippen LogP contribution in [-0.2, 0) is 11.2 Å². The van der Waals surface area contributed by atoms with Crippen molar-refractivity contribution in [2.24, 2.45) is 4.99 Å². The highest BCUT2D eigenvalue weighted by molar-refractivity contribution is 14.0. The van der Waals surface area contributed by atoms with Crippen LogP contribution in [-0.4, -0.2) is 62.1 Å². The van der Waals surface area contributed by atoms with E-state index in [1.807, 2.05) is 23.1 Å². The van der Waals surface area contributed by atoms with Crippen LogP contribution < -0.4 is 15.5 Å². The Balaban J connectivity index is 0.00000450. The minimum atomic E-state index is 0. The van der Waals surface area contributed by atoms with Gasteiger partial charge in [0.15, 0.2) is 5.96 Å². The van der Waals surface area contributed by atoms with E-state index in [0.717, 1.165) is 57.1 Å². The van der Waals surface area contributed by atoms with Gasteiger partial charge in [-0.3, -0.25) is 14.7 Å². The van der Waals surface area contributed by atoms with Gasteiger partial charge in [-0.15, -0.1) is 24.0 Å². The third-order valence-electron chi connectivity index (χ3n) is 5.48. The van der Waals surface area contributed by atoms with Crippen LogP contribution in [0.5, 0.6) is 0 Å². The number of hydrogen-bond donors (Lipinski definition) is 2. The minimum absolute atomic E-state index is 0. The molecule has 0 saturated heterocycles. The number of aliphatic imine (C=N–C) groups is 1. The maximum atomic E-state index is 12.6. The first-order valence-corrected chi connectivity index (χ1v) is 11.0. The van der Waals surface area contributed by atoms with E-state index in [4.69, 9.17) is 0 Å². The fourth-order valence-corrected chi connectivity index (χ4v) is 3.98. The quantitative estimate of drug-likeness (QED) is 0.210. The van der Waals surface area contributed by atoms with E-state index >= 15 is 0 Å². The van der Waals surface area contributed by atoms with Crippen LogP contribution in [0.1, 0.15) is 52.5 Å². The number of carbonyl (C=O) groups excluding carboxylic acids is 1.